The summed E-state index contributed by atoms with van der Waals surface area (Å²) in [6.45, 7) is 1.43. The molecule has 116 valence electrons. The number of carbonyl (C=O) groups is 1. The van der Waals surface area contributed by atoms with E-state index in [0.29, 0.717) is 5.75 Å². The van der Waals surface area contributed by atoms with Gasteiger partial charge < -0.3 is 9.84 Å². The first-order valence-electron chi connectivity index (χ1n) is 7.02. The minimum absolute atomic E-state index is 0.435. The molecule has 1 aromatic heterocycles. The molecular weight excluding hydrogens is 294 g/mol. The van der Waals surface area contributed by atoms with Crippen LogP contribution in [0.15, 0.2) is 67.3 Å². The first-order valence-corrected chi connectivity index (χ1v) is 7.02. The van der Waals surface area contributed by atoms with Crippen LogP contribution in [-0.2, 0) is 10.5 Å². The van der Waals surface area contributed by atoms with E-state index in [4.69, 9.17) is 4.74 Å². The number of hydrogen-bond donors (Lipinski definition) is 1. The van der Waals surface area contributed by atoms with E-state index >= 15 is 0 Å². The molecule has 0 spiro atoms. The molecule has 0 amide bonds. The van der Waals surface area contributed by atoms with Gasteiger partial charge in [0.2, 0.25) is 0 Å². The molecule has 3 rings (SSSR count). The highest BCUT2D eigenvalue weighted by Gasteiger charge is 2.39. The normalized spacial score (nSPS) is 13.3. The molecule has 1 atom stereocenters. The maximum atomic E-state index is 11.6. The zero-order valence-corrected chi connectivity index (χ0v) is 12.5. The summed E-state index contributed by atoms with van der Waals surface area (Å²) in [4.78, 5) is 15.4. The van der Waals surface area contributed by atoms with E-state index in [2.05, 4.69) is 10.1 Å². The molecule has 3 aromatic rings. The quantitative estimate of drug-likeness (QED) is 0.784. The SMILES string of the molecule is CC(Oc1ccc(-c2ccccc2)cc1)(C(=O)O)n1cncn1. The lowest BCUT2D eigenvalue weighted by molar-refractivity contribution is -0.164. The zero-order chi connectivity index (χ0) is 16.3. The van der Waals surface area contributed by atoms with Crippen molar-refractivity contribution in [3.8, 4) is 16.9 Å². The van der Waals surface area contributed by atoms with Crippen molar-refractivity contribution in [1.29, 1.82) is 0 Å². The maximum absolute atomic E-state index is 11.6. The van der Waals surface area contributed by atoms with Gasteiger partial charge in [0, 0.05) is 6.92 Å². The Morgan fingerprint density at radius 2 is 1.74 bits per heavy atom. The van der Waals surface area contributed by atoms with Crippen LogP contribution in [0.25, 0.3) is 11.1 Å². The lowest BCUT2D eigenvalue weighted by Gasteiger charge is -2.26. The van der Waals surface area contributed by atoms with E-state index in [1.165, 1.54) is 24.3 Å². The molecule has 0 saturated heterocycles. The van der Waals surface area contributed by atoms with E-state index in [1.54, 1.807) is 12.1 Å². The summed E-state index contributed by atoms with van der Waals surface area (Å²) >= 11 is 0. The van der Waals surface area contributed by atoms with Gasteiger partial charge >= 0.3 is 5.97 Å². The predicted octanol–water partition coefficient (Wildman–Crippen LogP) is 2.78. The summed E-state index contributed by atoms with van der Waals surface area (Å²) < 4.78 is 6.83. The molecule has 0 radical (unpaired) electrons. The molecule has 6 heteroatoms. The van der Waals surface area contributed by atoms with E-state index < -0.39 is 11.7 Å². The zero-order valence-electron chi connectivity index (χ0n) is 12.5. The fraction of sp³-hybridized carbons (Fsp3) is 0.118. The number of carboxylic acids is 1. The number of rotatable bonds is 5. The lowest BCUT2D eigenvalue weighted by atomic mass is 10.1. The van der Waals surface area contributed by atoms with Crippen molar-refractivity contribution in [2.45, 2.75) is 12.6 Å². The summed E-state index contributed by atoms with van der Waals surface area (Å²) in [6.07, 6.45) is 2.58. The van der Waals surface area contributed by atoms with Crippen molar-refractivity contribution in [3.63, 3.8) is 0 Å². The molecule has 1 heterocycles. The number of benzene rings is 2. The van der Waals surface area contributed by atoms with Gasteiger partial charge in [-0.05, 0) is 23.3 Å². The second kappa shape index (κ2) is 5.92. The van der Waals surface area contributed by atoms with Crippen LogP contribution in [0.2, 0.25) is 0 Å². The lowest BCUT2D eigenvalue weighted by Crippen LogP contribution is -2.44. The molecule has 0 aliphatic rings. The highest BCUT2D eigenvalue weighted by molar-refractivity contribution is 5.75. The van der Waals surface area contributed by atoms with Gasteiger partial charge in [0.25, 0.3) is 5.72 Å². The van der Waals surface area contributed by atoms with Gasteiger partial charge in [-0.3, -0.25) is 0 Å². The third kappa shape index (κ3) is 2.91. The van der Waals surface area contributed by atoms with Crippen LogP contribution in [0.3, 0.4) is 0 Å². The number of carboxylic acid groups (broad SMARTS) is 1. The third-order valence-electron chi connectivity index (χ3n) is 3.53. The second-order valence-electron chi connectivity index (χ2n) is 5.12. The Labute approximate surface area is 133 Å². The average Bonchev–Trinajstić information content (AvgIpc) is 3.11. The highest BCUT2D eigenvalue weighted by Crippen LogP contribution is 2.26. The van der Waals surface area contributed by atoms with Gasteiger partial charge in [0.05, 0.1) is 0 Å². The van der Waals surface area contributed by atoms with Crippen LogP contribution >= 0.6 is 0 Å². The molecule has 2 aromatic carbocycles. The van der Waals surface area contributed by atoms with E-state index in [9.17, 15) is 9.90 Å². The van der Waals surface area contributed by atoms with Gasteiger partial charge in [-0.1, -0.05) is 42.5 Å². The Kier molecular flexibility index (Phi) is 3.80. The van der Waals surface area contributed by atoms with Gasteiger partial charge in [0.1, 0.15) is 18.4 Å². The van der Waals surface area contributed by atoms with Gasteiger partial charge in [-0.2, -0.15) is 5.10 Å². The molecule has 23 heavy (non-hydrogen) atoms. The monoisotopic (exact) mass is 309 g/mol. The van der Waals surface area contributed by atoms with Gasteiger partial charge in [-0.25, -0.2) is 14.5 Å². The van der Waals surface area contributed by atoms with Crippen LogP contribution in [0.5, 0.6) is 5.75 Å². The van der Waals surface area contributed by atoms with Crippen LogP contribution in [0.4, 0.5) is 0 Å². The summed E-state index contributed by atoms with van der Waals surface area (Å²) in [6, 6.07) is 17.1. The molecule has 1 unspecified atom stereocenters. The molecule has 0 aliphatic carbocycles. The van der Waals surface area contributed by atoms with Crippen LogP contribution in [0.1, 0.15) is 6.92 Å². The molecule has 6 nitrogen and oxygen atoms in total. The second-order valence-corrected chi connectivity index (χ2v) is 5.12. The standard InChI is InChI=1S/C17H15N3O3/c1-17(16(21)22,20-12-18-11-19-20)23-15-9-7-14(8-10-15)13-5-3-2-4-6-13/h2-12H,1H3,(H,21,22). The summed E-state index contributed by atoms with van der Waals surface area (Å²) in [7, 11) is 0. The van der Waals surface area contributed by atoms with Crippen molar-refractivity contribution < 1.29 is 14.6 Å². The molecule has 0 fully saturated rings. The topological polar surface area (TPSA) is 77.2 Å². The Morgan fingerprint density at radius 1 is 1.09 bits per heavy atom. The van der Waals surface area contributed by atoms with E-state index in [-0.39, 0.29) is 0 Å². The fourth-order valence-electron chi connectivity index (χ4n) is 2.19. The molecule has 1 N–H and O–H groups in total. The maximum Gasteiger partial charge on any atom is 0.371 e. The van der Waals surface area contributed by atoms with E-state index in [0.717, 1.165) is 11.1 Å². The van der Waals surface area contributed by atoms with E-state index in [1.807, 2.05) is 42.5 Å². The number of ether oxygens (including phenoxy) is 1. The molecular formula is C17H15N3O3. The third-order valence-corrected chi connectivity index (χ3v) is 3.53. The summed E-state index contributed by atoms with van der Waals surface area (Å²) in [5, 5.41) is 13.4. The highest BCUT2D eigenvalue weighted by atomic mass is 16.5. The van der Waals surface area contributed by atoms with Crippen molar-refractivity contribution in [2.24, 2.45) is 0 Å². The largest absolute Gasteiger partial charge is 0.477 e. The van der Waals surface area contributed by atoms with Gasteiger partial charge in [0.15, 0.2) is 0 Å². The minimum atomic E-state index is -1.66. The van der Waals surface area contributed by atoms with Crippen molar-refractivity contribution in [1.82, 2.24) is 14.8 Å². The number of aromatic nitrogens is 3. The Bertz CT molecular complexity index is 786. The molecule has 0 saturated carbocycles. The van der Waals surface area contributed by atoms with Gasteiger partial charge in [-0.15, -0.1) is 0 Å². The number of nitrogens with zero attached hydrogens (tertiary/aromatic N) is 3. The average molecular weight is 309 g/mol. The fourth-order valence-corrected chi connectivity index (χ4v) is 2.19. The summed E-state index contributed by atoms with van der Waals surface area (Å²) in [5.41, 5.74) is 0.442. The number of hydrogen-bond acceptors (Lipinski definition) is 4. The van der Waals surface area contributed by atoms with Crippen LogP contribution in [-0.4, -0.2) is 25.8 Å². The smallest absolute Gasteiger partial charge is 0.371 e. The minimum Gasteiger partial charge on any atom is -0.477 e. The molecule has 0 bridgehead atoms. The Balaban J connectivity index is 1.86. The first-order chi connectivity index (χ1) is 11.1. The van der Waals surface area contributed by atoms with Crippen LogP contribution < -0.4 is 4.74 Å². The Morgan fingerprint density at radius 3 is 2.30 bits per heavy atom. The molecule has 0 aliphatic heterocycles. The predicted molar refractivity (Wildman–Crippen MR) is 83.8 cm³/mol. The first kappa shape index (κ1) is 14.8. The number of aliphatic carboxylic acids is 1. The van der Waals surface area contributed by atoms with Crippen LogP contribution in [0, 0.1) is 0 Å². The van der Waals surface area contributed by atoms with Crippen molar-refractivity contribution in [3.05, 3.63) is 67.3 Å². The Hall–Kier alpha value is -3.15. The summed E-state index contributed by atoms with van der Waals surface area (Å²) in [5.74, 6) is -0.722. The van der Waals surface area contributed by atoms with Crippen molar-refractivity contribution >= 4 is 5.97 Å². The van der Waals surface area contributed by atoms with Crippen molar-refractivity contribution in [2.75, 3.05) is 0 Å².